The first kappa shape index (κ1) is 18.8. The maximum atomic E-state index is 2.46. The number of benzene rings is 2. The predicted octanol–water partition coefficient (Wildman–Crippen LogP) is 6.89. The number of aryl methyl sites for hydroxylation is 2. The van der Waals surface area contributed by atoms with Crippen LogP contribution in [-0.4, -0.2) is 0 Å². The number of hydrogen-bond acceptors (Lipinski definition) is 0. The van der Waals surface area contributed by atoms with Gasteiger partial charge in [0.05, 0.1) is 0 Å². The van der Waals surface area contributed by atoms with Crippen LogP contribution in [-0.2, 0) is 26.2 Å². The van der Waals surface area contributed by atoms with Crippen LogP contribution >= 0.6 is 0 Å². The molecule has 1 heteroatoms. The zero-order valence-corrected chi connectivity index (χ0v) is 17.9. The molecule has 0 atom stereocenters. The summed E-state index contributed by atoms with van der Waals surface area (Å²) < 4.78 is 0. The van der Waals surface area contributed by atoms with E-state index in [2.05, 4.69) is 62.7 Å². The zero-order chi connectivity index (χ0) is 16.5. The van der Waals surface area contributed by atoms with Crippen molar-refractivity contribution in [1.82, 2.24) is 0 Å². The maximum absolute atomic E-state index is 2.46. The van der Waals surface area contributed by atoms with Crippen molar-refractivity contribution in [1.29, 1.82) is 0 Å². The standard InChI is InChI=1S/C24H27.Zr/c1-17-8-10-21(11-9-17)23-13-18(2)12-22-15-20(16-24(22)23)14-19-6-4-3-5-7-19;/h8-13,15-16,19H,3-7,14H2,1-2H3;. The van der Waals surface area contributed by atoms with Gasteiger partial charge in [0, 0.05) is 32.6 Å². The van der Waals surface area contributed by atoms with Crippen LogP contribution in [0, 0.1) is 26.2 Å². The molecule has 0 bridgehead atoms. The second-order valence-electron chi connectivity index (χ2n) is 7.75. The third kappa shape index (κ3) is 4.25. The Morgan fingerprint density at radius 1 is 0.880 bits per heavy atom. The topological polar surface area (TPSA) is 0 Å². The van der Waals surface area contributed by atoms with Crippen molar-refractivity contribution in [3.8, 4) is 11.1 Å². The van der Waals surface area contributed by atoms with Crippen LogP contribution in [0.25, 0.3) is 17.2 Å². The SMILES string of the molecule is Cc1ccc(-c2cc(C)cc3c2C=C(CC2CCCCC2)[CH]3)cc1.[Zr]. The molecular weight excluding hydrogens is 379 g/mol. The van der Waals surface area contributed by atoms with Gasteiger partial charge >= 0.3 is 0 Å². The van der Waals surface area contributed by atoms with Crippen molar-refractivity contribution < 1.29 is 26.2 Å². The van der Waals surface area contributed by atoms with Crippen LogP contribution in [0.3, 0.4) is 0 Å². The molecule has 0 amide bonds. The Balaban J connectivity index is 0.00000182. The molecule has 0 heterocycles. The summed E-state index contributed by atoms with van der Waals surface area (Å²) in [5, 5.41) is 0. The molecule has 0 nitrogen and oxygen atoms in total. The van der Waals surface area contributed by atoms with E-state index in [1.54, 1.807) is 0 Å². The van der Waals surface area contributed by atoms with E-state index in [4.69, 9.17) is 0 Å². The Morgan fingerprint density at radius 3 is 2.32 bits per heavy atom. The molecule has 0 aromatic heterocycles. The van der Waals surface area contributed by atoms with Crippen LogP contribution in [0.15, 0.2) is 42.0 Å². The monoisotopic (exact) mass is 405 g/mol. The second kappa shape index (κ2) is 8.17. The van der Waals surface area contributed by atoms with Crippen molar-refractivity contribution >= 4 is 6.08 Å². The molecule has 4 rings (SSSR count). The second-order valence-corrected chi connectivity index (χ2v) is 7.75. The molecule has 0 N–H and O–H groups in total. The number of rotatable bonds is 3. The zero-order valence-electron chi connectivity index (χ0n) is 15.4. The largest absolute Gasteiger partial charge is 0.0609 e. The van der Waals surface area contributed by atoms with Gasteiger partial charge in [-0.25, -0.2) is 0 Å². The van der Waals surface area contributed by atoms with Crippen molar-refractivity contribution in [2.75, 3.05) is 0 Å². The summed E-state index contributed by atoms with van der Waals surface area (Å²) in [6.07, 6.45) is 13.3. The molecule has 1 saturated carbocycles. The average molecular weight is 407 g/mol. The molecule has 0 aliphatic heterocycles. The fraction of sp³-hybridized carbons (Fsp3) is 0.375. The Morgan fingerprint density at radius 2 is 1.60 bits per heavy atom. The number of hydrogen-bond donors (Lipinski definition) is 0. The van der Waals surface area contributed by atoms with E-state index in [1.807, 2.05) is 0 Å². The fourth-order valence-electron chi connectivity index (χ4n) is 4.35. The van der Waals surface area contributed by atoms with Gasteiger partial charge in [0.25, 0.3) is 0 Å². The summed E-state index contributed by atoms with van der Waals surface area (Å²) in [4.78, 5) is 0. The smallest absolute Gasteiger partial charge is 0.0164 e. The first-order valence-corrected chi connectivity index (χ1v) is 9.46. The van der Waals surface area contributed by atoms with Crippen LogP contribution < -0.4 is 0 Å². The minimum Gasteiger partial charge on any atom is -0.0609 e. The minimum absolute atomic E-state index is 0. The van der Waals surface area contributed by atoms with Gasteiger partial charge in [0.15, 0.2) is 0 Å². The van der Waals surface area contributed by atoms with E-state index in [0.717, 1.165) is 5.92 Å². The summed E-state index contributed by atoms with van der Waals surface area (Å²) in [6.45, 7) is 4.37. The molecule has 25 heavy (non-hydrogen) atoms. The van der Waals surface area contributed by atoms with E-state index in [0.29, 0.717) is 0 Å². The maximum Gasteiger partial charge on any atom is 0.0164 e. The molecule has 0 saturated heterocycles. The van der Waals surface area contributed by atoms with Crippen LogP contribution in [0.1, 0.15) is 60.8 Å². The molecule has 0 spiro atoms. The fourth-order valence-corrected chi connectivity index (χ4v) is 4.35. The molecule has 2 aliphatic carbocycles. The van der Waals surface area contributed by atoms with E-state index in [9.17, 15) is 0 Å². The summed E-state index contributed by atoms with van der Waals surface area (Å²) >= 11 is 0. The van der Waals surface area contributed by atoms with E-state index in [-0.39, 0.29) is 26.2 Å². The molecule has 0 unspecified atom stereocenters. The van der Waals surface area contributed by atoms with Gasteiger partial charge in [-0.05, 0) is 48.4 Å². The Hall–Kier alpha value is -0.937. The summed E-state index contributed by atoms with van der Waals surface area (Å²) in [7, 11) is 0. The van der Waals surface area contributed by atoms with Crippen molar-refractivity contribution in [2.45, 2.75) is 52.4 Å². The Kier molecular flexibility index (Phi) is 6.16. The molecule has 1 radical (unpaired) electrons. The van der Waals surface area contributed by atoms with E-state index in [1.165, 1.54) is 77.5 Å². The summed E-state index contributed by atoms with van der Waals surface area (Å²) in [6, 6.07) is 13.6. The van der Waals surface area contributed by atoms with Gasteiger partial charge in [-0.15, -0.1) is 0 Å². The van der Waals surface area contributed by atoms with Crippen LogP contribution in [0.5, 0.6) is 0 Å². The van der Waals surface area contributed by atoms with Gasteiger partial charge in [-0.3, -0.25) is 0 Å². The van der Waals surface area contributed by atoms with E-state index >= 15 is 0 Å². The summed E-state index contributed by atoms with van der Waals surface area (Å²) in [5.41, 5.74) is 9.78. The van der Waals surface area contributed by atoms with Crippen LogP contribution in [0.2, 0.25) is 0 Å². The number of fused-ring (bicyclic) bond motifs is 1. The molecule has 2 aromatic carbocycles. The third-order valence-electron chi connectivity index (χ3n) is 5.64. The number of allylic oxidation sites excluding steroid dienone is 1. The molecular formula is C24H27Zr. The minimum atomic E-state index is 0. The molecule has 127 valence electrons. The first-order chi connectivity index (χ1) is 11.7. The van der Waals surface area contributed by atoms with Gasteiger partial charge in [-0.1, -0.05) is 91.3 Å². The molecule has 1 fully saturated rings. The molecule has 2 aromatic rings. The van der Waals surface area contributed by atoms with Gasteiger partial charge in [0.1, 0.15) is 0 Å². The normalized spacial score (nSPS) is 17.0. The quantitative estimate of drug-likeness (QED) is 0.521. The van der Waals surface area contributed by atoms with Crippen LogP contribution in [0.4, 0.5) is 0 Å². The van der Waals surface area contributed by atoms with Crippen molar-refractivity contribution in [3.63, 3.8) is 0 Å². The third-order valence-corrected chi connectivity index (χ3v) is 5.64. The van der Waals surface area contributed by atoms with Crippen molar-refractivity contribution in [3.05, 3.63) is 70.6 Å². The van der Waals surface area contributed by atoms with Gasteiger partial charge in [-0.2, -0.15) is 0 Å². The average Bonchev–Trinajstić information content (AvgIpc) is 2.98. The van der Waals surface area contributed by atoms with E-state index < -0.39 is 0 Å². The van der Waals surface area contributed by atoms with Crippen molar-refractivity contribution in [2.24, 2.45) is 5.92 Å². The Labute approximate surface area is 171 Å². The van der Waals surface area contributed by atoms with Gasteiger partial charge < -0.3 is 0 Å². The predicted molar refractivity (Wildman–Crippen MR) is 104 cm³/mol. The van der Waals surface area contributed by atoms with Gasteiger partial charge in [0.2, 0.25) is 0 Å². The Bertz CT molecular complexity index is 761. The molecule has 2 aliphatic rings. The summed E-state index contributed by atoms with van der Waals surface area (Å²) in [5.74, 6) is 0.902. The first-order valence-electron chi connectivity index (χ1n) is 9.46.